The quantitative estimate of drug-likeness (QED) is 0.674. The molecule has 0 aliphatic carbocycles. The topological polar surface area (TPSA) is 86.5 Å². The number of rotatable bonds is 6. The molecule has 0 heterocycles. The van der Waals surface area contributed by atoms with Gasteiger partial charge >= 0.3 is 0 Å². The molecule has 128 valence electrons. The molecular weight excluding hydrogens is 441 g/mol. The van der Waals surface area contributed by atoms with Crippen molar-refractivity contribution in [2.45, 2.75) is 18.2 Å². The van der Waals surface area contributed by atoms with Crippen LogP contribution in [0.1, 0.15) is 28.4 Å². The maximum atomic E-state index is 12.3. The summed E-state index contributed by atoms with van der Waals surface area (Å²) in [5, 5.41) is 0. The van der Waals surface area contributed by atoms with Gasteiger partial charge in [0, 0.05) is 17.5 Å². The maximum Gasteiger partial charge on any atom is 0.249 e. The summed E-state index contributed by atoms with van der Waals surface area (Å²) in [6, 6.07) is 10.9. The van der Waals surface area contributed by atoms with Crippen molar-refractivity contribution in [2.75, 3.05) is 12.9 Å². The number of sulfone groups is 1. The van der Waals surface area contributed by atoms with E-state index in [-0.39, 0.29) is 16.2 Å². The molecule has 0 saturated carbocycles. The summed E-state index contributed by atoms with van der Waals surface area (Å²) in [5.41, 5.74) is 7.24. The SMILES string of the molecule is CCS(=O)(=O)c1cc(C(N)=O)c(Cc2ccccc2)c(OC)c1I. The number of hydrogen-bond acceptors (Lipinski definition) is 4. The molecule has 0 aliphatic heterocycles. The van der Waals surface area contributed by atoms with E-state index in [2.05, 4.69) is 0 Å². The number of hydrogen-bond donors (Lipinski definition) is 1. The van der Waals surface area contributed by atoms with Gasteiger partial charge in [0.05, 0.1) is 21.3 Å². The highest BCUT2D eigenvalue weighted by atomic mass is 127. The molecule has 0 aliphatic rings. The fourth-order valence-electron chi connectivity index (χ4n) is 2.44. The van der Waals surface area contributed by atoms with Crippen LogP contribution in [0.3, 0.4) is 0 Å². The van der Waals surface area contributed by atoms with Crippen molar-refractivity contribution in [1.29, 1.82) is 0 Å². The van der Waals surface area contributed by atoms with E-state index in [0.29, 0.717) is 21.3 Å². The first-order valence-corrected chi connectivity index (χ1v) is 10.0. The fourth-order valence-corrected chi connectivity index (χ4v) is 5.12. The minimum Gasteiger partial charge on any atom is -0.495 e. The summed E-state index contributed by atoms with van der Waals surface area (Å²) in [4.78, 5) is 12.0. The first kappa shape index (κ1) is 18.7. The highest BCUT2D eigenvalue weighted by molar-refractivity contribution is 14.1. The van der Waals surface area contributed by atoms with Gasteiger partial charge in [-0.15, -0.1) is 0 Å². The number of methoxy groups -OCH3 is 1. The van der Waals surface area contributed by atoms with Crippen LogP contribution in [-0.4, -0.2) is 27.2 Å². The number of halogens is 1. The number of carbonyl (C=O) groups is 1. The van der Waals surface area contributed by atoms with Crippen molar-refractivity contribution >= 4 is 38.3 Å². The third-order valence-electron chi connectivity index (χ3n) is 3.70. The molecule has 0 radical (unpaired) electrons. The lowest BCUT2D eigenvalue weighted by Crippen LogP contribution is -2.18. The summed E-state index contributed by atoms with van der Waals surface area (Å²) in [7, 11) is -2.04. The number of amides is 1. The van der Waals surface area contributed by atoms with Crippen molar-refractivity contribution in [3.8, 4) is 5.75 Å². The zero-order valence-corrected chi connectivity index (χ0v) is 16.3. The zero-order valence-electron chi connectivity index (χ0n) is 13.4. The van der Waals surface area contributed by atoms with Crippen LogP contribution in [0.25, 0.3) is 0 Å². The van der Waals surface area contributed by atoms with E-state index in [9.17, 15) is 13.2 Å². The van der Waals surface area contributed by atoms with Gasteiger partial charge in [0.1, 0.15) is 5.75 Å². The predicted octanol–water partition coefficient (Wildman–Crippen LogP) is 2.78. The Morgan fingerprint density at radius 2 is 1.88 bits per heavy atom. The van der Waals surface area contributed by atoms with E-state index in [0.717, 1.165) is 5.56 Å². The second-order valence-electron chi connectivity index (χ2n) is 5.18. The van der Waals surface area contributed by atoms with E-state index in [1.807, 2.05) is 52.9 Å². The van der Waals surface area contributed by atoms with Crippen LogP contribution in [0.15, 0.2) is 41.3 Å². The van der Waals surface area contributed by atoms with Gasteiger partial charge in [0.2, 0.25) is 5.91 Å². The van der Waals surface area contributed by atoms with Gasteiger partial charge in [-0.3, -0.25) is 4.79 Å². The molecule has 0 atom stereocenters. The van der Waals surface area contributed by atoms with Crippen molar-refractivity contribution in [3.63, 3.8) is 0 Å². The molecule has 0 aromatic heterocycles. The Bertz CT molecular complexity index is 864. The molecule has 2 N–H and O–H groups in total. The first-order chi connectivity index (χ1) is 11.3. The monoisotopic (exact) mass is 459 g/mol. The van der Waals surface area contributed by atoms with Crippen LogP contribution < -0.4 is 10.5 Å². The van der Waals surface area contributed by atoms with E-state index >= 15 is 0 Å². The Balaban J connectivity index is 2.74. The minimum absolute atomic E-state index is 0.0671. The van der Waals surface area contributed by atoms with Crippen LogP contribution in [0.5, 0.6) is 5.75 Å². The number of nitrogens with two attached hydrogens (primary N) is 1. The first-order valence-electron chi connectivity index (χ1n) is 7.27. The van der Waals surface area contributed by atoms with E-state index in [1.165, 1.54) is 13.2 Å². The summed E-state index contributed by atoms with van der Waals surface area (Å²) < 4.78 is 30.5. The molecule has 0 bridgehead atoms. The summed E-state index contributed by atoms with van der Waals surface area (Å²) >= 11 is 1.94. The van der Waals surface area contributed by atoms with Crippen LogP contribution in [0, 0.1) is 3.57 Å². The Labute approximate surface area is 155 Å². The molecule has 7 heteroatoms. The minimum atomic E-state index is -3.50. The van der Waals surface area contributed by atoms with Crippen LogP contribution in [0.2, 0.25) is 0 Å². The van der Waals surface area contributed by atoms with Gasteiger partial charge in [0.25, 0.3) is 0 Å². The molecule has 2 rings (SSSR count). The van der Waals surface area contributed by atoms with Crippen LogP contribution in [-0.2, 0) is 16.3 Å². The maximum absolute atomic E-state index is 12.3. The standard InChI is InChI=1S/C17H18INO4S/c1-3-24(21,22)14-10-13(17(19)20)12(16(23-2)15(14)18)9-11-7-5-4-6-8-11/h4-8,10H,3,9H2,1-2H3,(H2,19,20). The molecule has 1 amide bonds. The number of carbonyl (C=O) groups excluding carboxylic acids is 1. The zero-order chi connectivity index (χ0) is 17.9. The Morgan fingerprint density at radius 3 is 2.38 bits per heavy atom. The highest BCUT2D eigenvalue weighted by Crippen LogP contribution is 2.36. The second-order valence-corrected chi connectivity index (χ2v) is 8.50. The second kappa shape index (κ2) is 7.52. The van der Waals surface area contributed by atoms with Gasteiger partial charge in [-0.1, -0.05) is 37.3 Å². The smallest absolute Gasteiger partial charge is 0.249 e. The van der Waals surface area contributed by atoms with Crippen molar-refractivity contribution in [1.82, 2.24) is 0 Å². The Hall–Kier alpha value is -1.61. The van der Waals surface area contributed by atoms with Gasteiger partial charge in [0.15, 0.2) is 9.84 Å². The third-order valence-corrected chi connectivity index (χ3v) is 6.89. The lowest BCUT2D eigenvalue weighted by molar-refractivity contribution is 0.0999. The molecular formula is C17H18INO4S. The van der Waals surface area contributed by atoms with Gasteiger partial charge < -0.3 is 10.5 Å². The molecule has 24 heavy (non-hydrogen) atoms. The molecule has 2 aromatic carbocycles. The van der Waals surface area contributed by atoms with Crippen molar-refractivity contribution in [3.05, 3.63) is 56.7 Å². The van der Waals surface area contributed by atoms with Gasteiger partial charge in [-0.2, -0.15) is 0 Å². The van der Waals surface area contributed by atoms with Crippen LogP contribution >= 0.6 is 22.6 Å². The number of ether oxygens (including phenoxy) is 1. The highest BCUT2D eigenvalue weighted by Gasteiger charge is 2.26. The number of primary amides is 1. The van der Waals surface area contributed by atoms with Gasteiger partial charge in [-0.25, -0.2) is 8.42 Å². The van der Waals surface area contributed by atoms with E-state index in [1.54, 1.807) is 6.92 Å². The lowest BCUT2D eigenvalue weighted by atomic mass is 9.98. The molecule has 0 unspecified atom stereocenters. The predicted molar refractivity (Wildman–Crippen MR) is 101 cm³/mol. The molecule has 0 saturated heterocycles. The number of benzene rings is 2. The Morgan fingerprint density at radius 1 is 1.25 bits per heavy atom. The van der Waals surface area contributed by atoms with Crippen LogP contribution in [0.4, 0.5) is 0 Å². The largest absolute Gasteiger partial charge is 0.495 e. The van der Waals surface area contributed by atoms with E-state index < -0.39 is 15.7 Å². The Kier molecular flexibility index (Phi) is 5.87. The summed E-state index contributed by atoms with van der Waals surface area (Å²) in [6.07, 6.45) is 0.421. The average molecular weight is 459 g/mol. The molecule has 5 nitrogen and oxygen atoms in total. The fraction of sp³-hybridized carbons (Fsp3) is 0.235. The third kappa shape index (κ3) is 3.72. The molecule has 2 aromatic rings. The lowest BCUT2D eigenvalue weighted by Gasteiger charge is -2.17. The normalized spacial score (nSPS) is 11.3. The molecule has 0 spiro atoms. The molecule has 0 fully saturated rings. The van der Waals surface area contributed by atoms with Crippen molar-refractivity contribution in [2.24, 2.45) is 5.73 Å². The summed E-state index contributed by atoms with van der Waals surface area (Å²) in [5.74, 6) is -0.367. The van der Waals surface area contributed by atoms with E-state index in [4.69, 9.17) is 10.5 Å². The summed E-state index contributed by atoms with van der Waals surface area (Å²) in [6.45, 7) is 1.56. The van der Waals surface area contributed by atoms with Gasteiger partial charge in [-0.05, 0) is 34.2 Å². The average Bonchev–Trinajstić information content (AvgIpc) is 2.55. The van der Waals surface area contributed by atoms with Crippen molar-refractivity contribution < 1.29 is 17.9 Å².